The quantitative estimate of drug-likeness (QED) is 0.394. The Bertz CT molecular complexity index is 1410. The van der Waals surface area contributed by atoms with Crippen LogP contribution in [0.4, 0.5) is 0 Å². The third-order valence-corrected chi connectivity index (χ3v) is 7.34. The first kappa shape index (κ1) is 28.2. The van der Waals surface area contributed by atoms with Crippen molar-refractivity contribution in [3.8, 4) is 11.5 Å². The Kier molecular flexibility index (Phi) is 8.28. The van der Waals surface area contributed by atoms with Gasteiger partial charge in [0.05, 0.1) is 6.54 Å². The second kappa shape index (κ2) is 12.0. The number of aromatic nitrogens is 1. The van der Waals surface area contributed by atoms with Gasteiger partial charge in [-0.1, -0.05) is 44.1 Å². The average molecular weight is 561 g/mol. The zero-order chi connectivity index (χ0) is 29.0. The zero-order valence-electron chi connectivity index (χ0n) is 23.8. The van der Waals surface area contributed by atoms with Crippen molar-refractivity contribution in [1.82, 2.24) is 20.3 Å². The lowest BCUT2D eigenvalue weighted by atomic mass is 9.86. The summed E-state index contributed by atoms with van der Waals surface area (Å²) < 4.78 is 16.2. The number of nitrogens with one attached hydrogen (secondary N) is 1. The van der Waals surface area contributed by atoms with E-state index in [2.05, 4.69) is 31.2 Å². The van der Waals surface area contributed by atoms with Gasteiger partial charge in [0.2, 0.25) is 12.7 Å². The number of hydrogen-bond acceptors (Lipinski definition) is 7. The largest absolute Gasteiger partial charge is 0.454 e. The topological polar surface area (TPSA) is 114 Å². The van der Waals surface area contributed by atoms with Crippen molar-refractivity contribution in [1.29, 1.82) is 0 Å². The number of nitrogens with zero attached hydrogens (tertiary/aromatic N) is 3. The van der Waals surface area contributed by atoms with Crippen molar-refractivity contribution in [3.63, 3.8) is 0 Å². The van der Waals surface area contributed by atoms with Gasteiger partial charge in [0.15, 0.2) is 23.0 Å². The predicted molar refractivity (Wildman–Crippen MR) is 151 cm³/mol. The average Bonchev–Trinajstić information content (AvgIpc) is 3.72. The fraction of sp³-hybridized carbons (Fsp3) is 0.419. The standard InChI is InChI=1S/C31H36N4O6/c1-31(2,3)23-10-8-22(9-11-23)30(38)35(15-5-14-34-13-4-6-28(34)36)19-24-17-25(33-41-24)29(37)32-18-21-7-12-26-27(16-21)40-20-39-26/h7-12,16-17H,4-6,13-15,18-20H2,1-3H3,(H,32,37). The fourth-order valence-corrected chi connectivity index (χ4v) is 4.95. The molecule has 1 aromatic heterocycles. The number of ether oxygens (including phenoxy) is 2. The molecule has 0 bridgehead atoms. The van der Waals surface area contributed by atoms with Gasteiger partial charge in [0, 0.05) is 44.2 Å². The SMILES string of the molecule is CC(C)(C)c1ccc(C(=O)N(CCCN2CCCC2=O)Cc2cc(C(=O)NCc3ccc4c(c3)OCO4)no2)cc1. The van der Waals surface area contributed by atoms with Gasteiger partial charge in [-0.25, -0.2) is 0 Å². The highest BCUT2D eigenvalue weighted by atomic mass is 16.7. The maximum absolute atomic E-state index is 13.6. The van der Waals surface area contributed by atoms with Crippen molar-refractivity contribution in [2.45, 2.75) is 58.5 Å². The lowest BCUT2D eigenvalue weighted by molar-refractivity contribution is -0.127. The van der Waals surface area contributed by atoms with Crippen LogP contribution in [0.25, 0.3) is 0 Å². The Morgan fingerprint density at radius 3 is 2.56 bits per heavy atom. The summed E-state index contributed by atoms with van der Waals surface area (Å²) in [4.78, 5) is 41.9. The van der Waals surface area contributed by atoms with Crippen molar-refractivity contribution >= 4 is 17.7 Å². The molecule has 0 spiro atoms. The van der Waals surface area contributed by atoms with Crippen LogP contribution in [0.1, 0.15) is 77.8 Å². The molecule has 2 aromatic carbocycles. The lowest BCUT2D eigenvalue weighted by Gasteiger charge is -2.24. The Morgan fingerprint density at radius 2 is 1.83 bits per heavy atom. The van der Waals surface area contributed by atoms with Crippen molar-refractivity contribution in [2.75, 3.05) is 26.4 Å². The van der Waals surface area contributed by atoms with Gasteiger partial charge in [0.1, 0.15) is 0 Å². The summed E-state index contributed by atoms with van der Waals surface area (Å²) in [5.74, 6) is 1.34. The number of amides is 3. The second-order valence-electron chi connectivity index (χ2n) is 11.4. The van der Waals surface area contributed by atoms with E-state index in [1.807, 2.05) is 41.3 Å². The molecule has 0 saturated carbocycles. The summed E-state index contributed by atoms with van der Waals surface area (Å²) >= 11 is 0. The Morgan fingerprint density at radius 1 is 1.05 bits per heavy atom. The van der Waals surface area contributed by atoms with Crippen LogP contribution in [0.2, 0.25) is 0 Å². The van der Waals surface area contributed by atoms with Crippen molar-refractivity contribution in [3.05, 3.63) is 76.7 Å². The van der Waals surface area contributed by atoms with E-state index in [1.54, 1.807) is 17.0 Å². The van der Waals surface area contributed by atoms with Crippen molar-refractivity contribution in [2.24, 2.45) is 0 Å². The maximum Gasteiger partial charge on any atom is 0.273 e. The number of carbonyl (C=O) groups is 3. The van der Waals surface area contributed by atoms with Crippen LogP contribution in [0.15, 0.2) is 53.1 Å². The Balaban J connectivity index is 1.24. The van der Waals surface area contributed by atoms with Gasteiger partial charge in [0.25, 0.3) is 11.8 Å². The summed E-state index contributed by atoms with van der Waals surface area (Å²) in [6.45, 7) is 8.77. The molecule has 1 saturated heterocycles. The molecule has 10 nitrogen and oxygen atoms in total. The molecule has 5 rings (SSSR count). The molecule has 0 aliphatic carbocycles. The third kappa shape index (κ3) is 6.87. The molecule has 1 N–H and O–H groups in total. The predicted octanol–water partition coefficient (Wildman–Crippen LogP) is 4.29. The molecule has 41 heavy (non-hydrogen) atoms. The summed E-state index contributed by atoms with van der Waals surface area (Å²) in [7, 11) is 0. The molecule has 3 aromatic rings. The molecule has 0 unspecified atom stereocenters. The second-order valence-corrected chi connectivity index (χ2v) is 11.4. The molecule has 2 aliphatic heterocycles. The maximum atomic E-state index is 13.6. The van der Waals surface area contributed by atoms with Gasteiger partial charge < -0.3 is 29.1 Å². The molecular formula is C31H36N4O6. The first-order chi connectivity index (χ1) is 19.7. The number of carbonyl (C=O) groups excluding carboxylic acids is 3. The monoisotopic (exact) mass is 560 g/mol. The van der Waals surface area contributed by atoms with E-state index < -0.39 is 0 Å². The fourth-order valence-electron chi connectivity index (χ4n) is 4.95. The number of hydrogen-bond donors (Lipinski definition) is 1. The van der Waals surface area contributed by atoms with Gasteiger partial charge in [-0.2, -0.15) is 0 Å². The smallest absolute Gasteiger partial charge is 0.273 e. The zero-order valence-corrected chi connectivity index (χ0v) is 23.8. The molecule has 3 amide bonds. The lowest BCUT2D eigenvalue weighted by Crippen LogP contribution is -2.34. The molecule has 3 heterocycles. The highest BCUT2D eigenvalue weighted by Gasteiger charge is 2.24. The molecule has 2 aliphatic rings. The molecular weight excluding hydrogens is 524 g/mol. The Labute approximate surface area is 239 Å². The van der Waals surface area contributed by atoms with Crippen LogP contribution < -0.4 is 14.8 Å². The van der Waals surface area contributed by atoms with Crippen molar-refractivity contribution < 1.29 is 28.4 Å². The highest BCUT2D eigenvalue weighted by molar-refractivity contribution is 5.94. The van der Waals surface area contributed by atoms with E-state index in [4.69, 9.17) is 14.0 Å². The molecule has 10 heteroatoms. The van der Waals surface area contributed by atoms with Crippen LogP contribution in [0, 0.1) is 0 Å². The van der Waals surface area contributed by atoms with E-state index in [0.29, 0.717) is 48.8 Å². The summed E-state index contributed by atoms with van der Waals surface area (Å²) in [6.07, 6.45) is 2.09. The summed E-state index contributed by atoms with van der Waals surface area (Å²) in [6, 6.07) is 14.7. The van der Waals surface area contributed by atoms with Crippen LogP contribution in [0.5, 0.6) is 11.5 Å². The van der Waals surface area contributed by atoms with E-state index in [0.717, 1.165) is 24.1 Å². The van der Waals surface area contributed by atoms with E-state index in [1.165, 1.54) is 0 Å². The van der Waals surface area contributed by atoms with Gasteiger partial charge in [-0.15, -0.1) is 0 Å². The number of rotatable bonds is 10. The van der Waals surface area contributed by atoms with E-state index in [9.17, 15) is 14.4 Å². The molecule has 1 fully saturated rings. The molecule has 216 valence electrons. The van der Waals surface area contributed by atoms with Gasteiger partial charge in [-0.05, 0) is 53.6 Å². The van der Waals surface area contributed by atoms with Crippen LogP contribution in [-0.4, -0.2) is 59.1 Å². The van der Waals surface area contributed by atoms with Gasteiger partial charge >= 0.3 is 0 Å². The summed E-state index contributed by atoms with van der Waals surface area (Å²) in [5.41, 5.74) is 2.67. The minimum Gasteiger partial charge on any atom is -0.454 e. The van der Waals surface area contributed by atoms with Crippen LogP contribution in [0.3, 0.4) is 0 Å². The minimum atomic E-state index is -0.388. The highest BCUT2D eigenvalue weighted by Crippen LogP contribution is 2.32. The number of fused-ring (bicyclic) bond motifs is 1. The first-order valence-corrected chi connectivity index (χ1v) is 14.0. The first-order valence-electron chi connectivity index (χ1n) is 14.0. The molecule has 0 atom stereocenters. The normalized spacial score (nSPS) is 14.4. The van der Waals surface area contributed by atoms with E-state index in [-0.39, 0.29) is 48.7 Å². The minimum absolute atomic E-state index is 0.0247. The number of benzene rings is 2. The number of likely N-dealkylation sites (tertiary alicyclic amines) is 1. The third-order valence-electron chi connectivity index (χ3n) is 7.34. The van der Waals surface area contributed by atoms with E-state index >= 15 is 0 Å². The van der Waals surface area contributed by atoms with Crippen LogP contribution >= 0.6 is 0 Å². The van der Waals surface area contributed by atoms with Crippen LogP contribution in [-0.2, 0) is 23.3 Å². The Hall–Kier alpha value is -4.34. The molecule has 0 radical (unpaired) electrons. The van der Waals surface area contributed by atoms with Gasteiger partial charge in [-0.3, -0.25) is 14.4 Å². The summed E-state index contributed by atoms with van der Waals surface area (Å²) in [5, 5.41) is 6.77.